The second-order valence-electron chi connectivity index (χ2n) is 5.02. The minimum atomic E-state index is -0.784. The summed E-state index contributed by atoms with van der Waals surface area (Å²) < 4.78 is 0.985. The molecule has 1 saturated heterocycles. The average Bonchev–Trinajstić information content (AvgIpc) is 2.93. The second-order valence-corrected chi connectivity index (χ2v) is 6.13. The van der Waals surface area contributed by atoms with Crippen molar-refractivity contribution in [3.8, 4) is 0 Å². The van der Waals surface area contributed by atoms with Gasteiger partial charge in [0.15, 0.2) is 0 Å². The molecule has 1 aliphatic rings. The Morgan fingerprint density at radius 2 is 1.86 bits per heavy atom. The highest BCUT2D eigenvalue weighted by atomic mass is 32.1. The molecule has 0 unspecified atom stereocenters. The molecular weight excluding hydrogens is 290 g/mol. The van der Waals surface area contributed by atoms with Crippen LogP contribution < -0.4 is 0 Å². The summed E-state index contributed by atoms with van der Waals surface area (Å²) in [5, 5.41) is 0.635. The monoisotopic (exact) mass is 303 g/mol. The number of hydrogen-bond donors (Lipinski definition) is 0. The fraction of sp³-hybridized carbons (Fsp3) is 0.286. The third-order valence-electron chi connectivity index (χ3n) is 3.23. The number of carbonyl (C=O) groups excluding carboxylic acids is 3. The van der Waals surface area contributed by atoms with Crippen molar-refractivity contribution in [1.82, 2.24) is 14.8 Å². The molecule has 0 bridgehead atoms. The lowest BCUT2D eigenvalue weighted by molar-refractivity contribution is -0.144. The van der Waals surface area contributed by atoms with E-state index in [-0.39, 0.29) is 12.6 Å². The van der Waals surface area contributed by atoms with Crippen LogP contribution in [-0.4, -0.2) is 38.7 Å². The molecule has 4 amide bonds. The van der Waals surface area contributed by atoms with E-state index in [0.29, 0.717) is 5.01 Å². The molecule has 2 heterocycles. The molecule has 21 heavy (non-hydrogen) atoms. The number of aromatic nitrogens is 1. The zero-order chi connectivity index (χ0) is 15.1. The molecule has 0 aliphatic carbocycles. The Morgan fingerprint density at radius 1 is 1.14 bits per heavy atom. The van der Waals surface area contributed by atoms with Crippen molar-refractivity contribution in [1.29, 1.82) is 0 Å². The number of rotatable bonds is 3. The van der Waals surface area contributed by atoms with Crippen molar-refractivity contribution < 1.29 is 14.4 Å². The van der Waals surface area contributed by atoms with E-state index >= 15 is 0 Å². The quantitative estimate of drug-likeness (QED) is 0.642. The summed E-state index contributed by atoms with van der Waals surface area (Å²) in [5.41, 5.74) is 0.823. The number of thiazole rings is 1. The van der Waals surface area contributed by atoms with Crippen LogP contribution in [0.2, 0.25) is 0 Å². The minimum Gasteiger partial charge on any atom is -0.263 e. The molecule has 0 radical (unpaired) electrons. The summed E-state index contributed by atoms with van der Waals surface area (Å²) in [6.07, 6.45) is 0. The number of nitrogens with zero attached hydrogens (tertiary/aromatic N) is 3. The summed E-state index contributed by atoms with van der Waals surface area (Å²) in [5.74, 6) is -1.55. The van der Waals surface area contributed by atoms with Crippen molar-refractivity contribution in [2.75, 3.05) is 0 Å². The van der Waals surface area contributed by atoms with E-state index in [9.17, 15) is 14.4 Å². The highest BCUT2D eigenvalue weighted by molar-refractivity contribution is 7.18. The van der Waals surface area contributed by atoms with Crippen LogP contribution in [-0.2, 0) is 16.1 Å². The molecule has 108 valence electrons. The lowest BCUT2D eigenvalue weighted by Crippen LogP contribution is -2.37. The lowest BCUT2D eigenvalue weighted by atomic mass is 10.3. The third-order valence-corrected chi connectivity index (χ3v) is 4.25. The first-order valence-electron chi connectivity index (χ1n) is 6.52. The fourth-order valence-corrected chi connectivity index (χ4v) is 3.20. The molecular formula is C14H13N3O3S. The Balaban J connectivity index is 1.89. The molecule has 7 heteroatoms. The molecule has 0 atom stereocenters. The van der Waals surface area contributed by atoms with Gasteiger partial charge >= 0.3 is 17.8 Å². The number of imide groups is 2. The van der Waals surface area contributed by atoms with Gasteiger partial charge in [-0.3, -0.25) is 14.5 Å². The zero-order valence-corrected chi connectivity index (χ0v) is 12.4. The SMILES string of the molecule is CC(C)N1C(=O)C(=O)N(Cc2nc3ccccc3s2)C1=O. The van der Waals surface area contributed by atoms with Gasteiger partial charge in [-0.25, -0.2) is 14.7 Å². The largest absolute Gasteiger partial charge is 0.334 e. The van der Waals surface area contributed by atoms with Crippen LogP contribution in [0.4, 0.5) is 4.79 Å². The van der Waals surface area contributed by atoms with Crippen molar-refractivity contribution in [2.24, 2.45) is 0 Å². The van der Waals surface area contributed by atoms with E-state index < -0.39 is 17.8 Å². The summed E-state index contributed by atoms with van der Waals surface area (Å²) in [4.78, 5) is 42.3. The first kappa shape index (κ1) is 13.7. The highest BCUT2D eigenvalue weighted by Gasteiger charge is 2.45. The Kier molecular flexibility index (Phi) is 3.21. The zero-order valence-electron chi connectivity index (χ0n) is 11.6. The smallest absolute Gasteiger partial charge is 0.263 e. The van der Waals surface area contributed by atoms with Gasteiger partial charge in [0.2, 0.25) is 0 Å². The Labute approximate surface area is 125 Å². The number of benzene rings is 1. The number of amides is 4. The van der Waals surface area contributed by atoms with Crippen molar-refractivity contribution in [3.05, 3.63) is 29.3 Å². The average molecular weight is 303 g/mol. The van der Waals surface area contributed by atoms with E-state index in [2.05, 4.69) is 4.98 Å². The maximum atomic E-state index is 12.2. The van der Waals surface area contributed by atoms with Crippen LogP contribution >= 0.6 is 11.3 Å². The van der Waals surface area contributed by atoms with Gasteiger partial charge in [0.1, 0.15) is 5.01 Å². The maximum absolute atomic E-state index is 12.2. The van der Waals surface area contributed by atoms with Gasteiger partial charge in [-0.1, -0.05) is 12.1 Å². The number of urea groups is 1. The number of carbonyl (C=O) groups is 3. The topological polar surface area (TPSA) is 70.6 Å². The first-order chi connectivity index (χ1) is 9.99. The van der Waals surface area contributed by atoms with Crippen LogP contribution in [0.3, 0.4) is 0 Å². The summed E-state index contributed by atoms with van der Waals surface area (Å²) in [6.45, 7) is 3.43. The van der Waals surface area contributed by atoms with Gasteiger partial charge in [0.05, 0.1) is 16.8 Å². The van der Waals surface area contributed by atoms with Crippen LogP contribution in [0.1, 0.15) is 18.9 Å². The number of para-hydroxylation sites is 1. The molecule has 0 N–H and O–H groups in total. The summed E-state index contributed by atoms with van der Waals surface area (Å²) >= 11 is 1.41. The lowest BCUT2D eigenvalue weighted by Gasteiger charge is -2.17. The van der Waals surface area contributed by atoms with Crippen molar-refractivity contribution >= 4 is 39.4 Å². The predicted molar refractivity (Wildman–Crippen MR) is 77.5 cm³/mol. The van der Waals surface area contributed by atoms with E-state index in [1.54, 1.807) is 13.8 Å². The van der Waals surface area contributed by atoms with Gasteiger partial charge in [-0.15, -0.1) is 11.3 Å². The summed E-state index contributed by atoms with van der Waals surface area (Å²) in [7, 11) is 0. The Morgan fingerprint density at radius 3 is 2.48 bits per heavy atom. The molecule has 1 aromatic heterocycles. The predicted octanol–water partition coefficient (Wildman–Crippen LogP) is 2.00. The van der Waals surface area contributed by atoms with Crippen LogP contribution in [0, 0.1) is 0 Å². The molecule has 0 saturated carbocycles. The van der Waals surface area contributed by atoms with Crippen LogP contribution in [0.25, 0.3) is 10.2 Å². The van der Waals surface area contributed by atoms with Gasteiger partial charge in [0, 0.05) is 6.04 Å². The Hall–Kier alpha value is -2.28. The first-order valence-corrected chi connectivity index (χ1v) is 7.34. The van der Waals surface area contributed by atoms with E-state index in [4.69, 9.17) is 0 Å². The molecule has 1 aromatic carbocycles. The van der Waals surface area contributed by atoms with Crippen LogP contribution in [0.15, 0.2) is 24.3 Å². The molecule has 1 aliphatic heterocycles. The highest BCUT2D eigenvalue weighted by Crippen LogP contribution is 2.25. The van der Waals surface area contributed by atoms with Gasteiger partial charge < -0.3 is 0 Å². The van der Waals surface area contributed by atoms with Gasteiger partial charge in [-0.2, -0.15) is 0 Å². The molecule has 1 fully saturated rings. The fourth-order valence-electron chi connectivity index (χ4n) is 2.24. The van der Waals surface area contributed by atoms with E-state index in [0.717, 1.165) is 20.0 Å². The van der Waals surface area contributed by atoms with Crippen LogP contribution in [0.5, 0.6) is 0 Å². The van der Waals surface area contributed by atoms with Gasteiger partial charge in [0.25, 0.3) is 0 Å². The third kappa shape index (κ3) is 2.19. The van der Waals surface area contributed by atoms with Crippen molar-refractivity contribution in [2.45, 2.75) is 26.4 Å². The van der Waals surface area contributed by atoms with E-state index in [1.807, 2.05) is 24.3 Å². The standard InChI is InChI=1S/C14H13N3O3S/c1-8(2)17-13(19)12(18)16(14(17)20)7-11-15-9-5-3-4-6-10(9)21-11/h3-6,8H,7H2,1-2H3. The normalized spacial score (nSPS) is 15.9. The maximum Gasteiger partial charge on any atom is 0.334 e. The van der Waals surface area contributed by atoms with Gasteiger partial charge in [-0.05, 0) is 26.0 Å². The van der Waals surface area contributed by atoms with E-state index in [1.165, 1.54) is 11.3 Å². The molecule has 3 rings (SSSR count). The summed E-state index contributed by atoms with van der Waals surface area (Å²) in [6, 6.07) is 6.67. The number of hydrogen-bond acceptors (Lipinski definition) is 5. The molecule has 0 spiro atoms. The second kappa shape index (κ2) is 4.92. The number of fused-ring (bicyclic) bond motifs is 1. The molecule has 6 nitrogen and oxygen atoms in total. The molecule has 2 aromatic rings. The van der Waals surface area contributed by atoms with Crippen molar-refractivity contribution in [3.63, 3.8) is 0 Å². The minimum absolute atomic E-state index is 0.0337. The Bertz CT molecular complexity index is 720.